The molecule has 2 amide bonds. The van der Waals surface area contributed by atoms with Crippen molar-refractivity contribution >= 4 is 34.8 Å². The number of nitrogens with one attached hydrogen (secondary N) is 2. The summed E-state index contributed by atoms with van der Waals surface area (Å²) in [5.74, 6) is -1.45. The van der Waals surface area contributed by atoms with Crippen LogP contribution in [0.3, 0.4) is 0 Å². The Morgan fingerprint density at radius 1 is 1.26 bits per heavy atom. The number of hydrazine groups is 1. The molecule has 0 saturated carbocycles. The molecular weight excluding hydrogens is 407 g/mol. The Hall–Kier alpha value is -2.33. The van der Waals surface area contributed by atoms with E-state index in [1.807, 2.05) is 13.8 Å². The molecule has 11 heteroatoms. The molecule has 0 unspecified atom stereocenters. The van der Waals surface area contributed by atoms with E-state index >= 15 is 0 Å². The largest absolute Gasteiger partial charge is 0.417 e. The second-order valence-electron chi connectivity index (χ2n) is 5.58. The second kappa shape index (κ2) is 8.13. The number of aryl methyl sites for hydroxylation is 2. The molecule has 0 atom stereocenters. The number of alkyl halides is 3. The summed E-state index contributed by atoms with van der Waals surface area (Å²) in [5.41, 5.74) is 3.06. The highest BCUT2D eigenvalue weighted by atomic mass is 35.5. The standard InChI is InChI=1S/C16H15ClF3N3O3S/c1-3-11-8(2)4-12(27-11)14(25)22-21-13(24)7-23-6-9(16(18,19)20)5-10(17)15(23)26/h4-6H,3,7H2,1-2H3,(H,21,24)(H,22,25). The summed E-state index contributed by atoms with van der Waals surface area (Å²) < 4.78 is 38.9. The monoisotopic (exact) mass is 421 g/mol. The summed E-state index contributed by atoms with van der Waals surface area (Å²) >= 11 is 6.78. The number of hydrogen-bond acceptors (Lipinski definition) is 4. The number of nitrogens with zero attached hydrogens (tertiary/aromatic N) is 1. The summed E-state index contributed by atoms with van der Waals surface area (Å²) in [7, 11) is 0. The lowest BCUT2D eigenvalue weighted by atomic mass is 10.2. The van der Waals surface area contributed by atoms with E-state index in [2.05, 4.69) is 10.9 Å². The van der Waals surface area contributed by atoms with E-state index in [9.17, 15) is 27.6 Å². The zero-order chi connectivity index (χ0) is 20.4. The molecule has 0 radical (unpaired) electrons. The minimum atomic E-state index is -4.72. The molecule has 2 heterocycles. The third-order valence-corrected chi connectivity index (χ3v) is 5.22. The van der Waals surface area contributed by atoms with Gasteiger partial charge in [0.1, 0.15) is 11.6 Å². The molecule has 0 aliphatic heterocycles. The Balaban J connectivity index is 2.06. The first-order chi connectivity index (χ1) is 12.5. The maximum absolute atomic E-state index is 12.8. The third kappa shape index (κ3) is 5.10. The van der Waals surface area contributed by atoms with Crippen LogP contribution in [0.2, 0.25) is 5.02 Å². The molecule has 6 nitrogen and oxygen atoms in total. The van der Waals surface area contributed by atoms with Crippen LogP contribution in [0, 0.1) is 6.92 Å². The zero-order valence-corrected chi connectivity index (χ0v) is 15.8. The number of amides is 2. The fourth-order valence-corrected chi connectivity index (χ4v) is 3.47. The van der Waals surface area contributed by atoms with Crippen LogP contribution in [0.4, 0.5) is 13.2 Å². The molecule has 146 valence electrons. The smallest absolute Gasteiger partial charge is 0.304 e. The number of aromatic nitrogens is 1. The van der Waals surface area contributed by atoms with Gasteiger partial charge in [-0.05, 0) is 31.0 Å². The van der Waals surface area contributed by atoms with Crippen LogP contribution in [0.15, 0.2) is 23.1 Å². The van der Waals surface area contributed by atoms with Gasteiger partial charge < -0.3 is 4.57 Å². The third-order valence-electron chi connectivity index (χ3n) is 3.56. The van der Waals surface area contributed by atoms with E-state index < -0.39 is 40.7 Å². The number of pyridine rings is 1. The van der Waals surface area contributed by atoms with Crippen molar-refractivity contribution in [1.82, 2.24) is 15.4 Å². The van der Waals surface area contributed by atoms with E-state index in [1.54, 1.807) is 6.07 Å². The fourth-order valence-electron chi connectivity index (χ4n) is 2.24. The number of rotatable bonds is 4. The van der Waals surface area contributed by atoms with E-state index in [0.29, 0.717) is 21.7 Å². The van der Waals surface area contributed by atoms with E-state index in [1.165, 1.54) is 11.3 Å². The van der Waals surface area contributed by atoms with Crippen LogP contribution >= 0.6 is 22.9 Å². The summed E-state index contributed by atoms with van der Waals surface area (Å²) in [6, 6.07) is 2.16. The van der Waals surface area contributed by atoms with Gasteiger partial charge in [-0.1, -0.05) is 18.5 Å². The summed E-state index contributed by atoms with van der Waals surface area (Å²) in [6.07, 6.45) is -3.47. The molecule has 0 aromatic carbocycles. The van der Waals surface area contributed by atoms with E-state index in [-0.39, 0.29) is 0 Å². The highest BCUT2D eigenvalue weighted by Crippen LogP contribution is 2.29. The number of halogens is 4. The molecular formula is C16H15ClF3N3O3S. The predicted octanol–water partition coefficient (Wildman–Crippen LogP) is 2.91. The highest BCUT2D eigenvalue weighted by molar-refractivity contribution is 7.14. The lowest BCUT2D eigenvalue weighted by molar-refractivity contribution is -0.138. The zero-order valence-electron chi connectivity index (χ0n) is 14.2. The average molecular weight is 422 g/mol. The highest BCUT2D eigenvalue weighted by Gasteiger charge is 2.32. The topological polar surface area (TPSA) is 80.2 Å². The van der Waals surface area contributed by atoms with Gasteiger partial charge in [0.25, 0.3) is 17.4 Å². The molecule has 0 saturated heterocycles. The Morgan fingerprint density at radius 2 is 1.93 bits per heavy atom. The van der Waals surface area contributed by atoms with Gasteiger partial charge in [-0.25, -0.2) is 0 Å². The maximum Gasteiger partial charge on any atom is 0.417 e. The summed E-state index contributed by atoms with van der Waals surface area (Å²) in [5, 5.41) is -0.664. The van der Waals surface area contributed by atoms with Gasteiger partial charge in [0.2, 0.25) is 0 Å². The van der Waals surface area contributed by atoms with Crippen molar-refractivity contribution in [3.05, 3.63) is 54.6 Å². The van der Waals surface area contributed by atoms with Crippen molar-refractivity contribution in [1.29, 1.82) is 0 Å². The first kappa shape index (κ1) is 21.0. The van der Waals surface area contributed by atoms with Crippen molar-refractivity contribution in [3.8, 4) is 0 Å². The minimum Gasteiger partial charge on any atom is -0.304 e. The molecule has 0 aliphatic rings. The molecule has 0 aliphatic carbocycles. The van der Waals surface area contributed by atoms with Crippen molar-refractivity contribution in [2.45, 2.75) is 33.0 Å². The predicted molar refractivity (Wildman–Crippen MR) is 94.8 cm³/mol. The van der Waals surface area contributed by atoms with Gasteiger partial charge in [-0.2, -0.15) is 13.2 Å². The van der Waals surface area contributed by atoms with Gasteiger partial charge in [0.15, 0.2) is 0 Å². The SMILES string of the molecule is CCc1sc(C(=O)NNC(=O)Cn2cc(C(F)(F)F)cc(Cl)c2=O)cc1C. The van der Waals surface area contributed by atoms with Gasteiger partial charge in [0, 0.05) is 11.1 Å². The molecule has 0 fully saturated rings. The summed E-state index contributed by atoms with van der Waals surface area (Å²) in [4.78, 5) is 37.1. The van der Waals surface area contributed by atoms with Crippen LogP contribution in [-0.2, 0) is 23.9 Å². The van der Waals surface area contributed by atoms with Crippen molar-refractivity contribution in [2.24, 2.45) is 0 Å². The summed E-state index contributed by atoms with van der Waals surface area (Å²) in [6.45, 7) is 3.06. The Labute approximate surface area is 160 Å². The normalized spacial score (nSPS) is 11.3. The number of carbonyl (C=O) groups excluding carboxylic acids is 2. The number of thiophene rings is 1. The lowest BCUT2D eigenvalue weighted by Crippen LogP contribution is -2.44. The van der Waals surface area contributed by atoms with Crippen LogP contribution in [0.5, 0.6) is 0 Å². The minimum absolute atomic E-state index is 0.379. The van der Waals surface area contributed by atoms with Crippen molar-refractivity contribution in [3.63, 3.8) is 0 Å². The fraction of sp³-hybridized carbons (Fsp3) is 0.312. The van der Waals surface area contributed by atoms with Crippen LogP contribution in [0.1, 0.15) is 32.6 Å². The molecule has 2 aromatic heterocycles. The van der Waals surface area contributed by atoms with E-state index in [4.69, 9.17) is 11.6 Å². The molecule has 0 bridgehead atoms. The van der Waals surface area contributed by atoms with Gasteiger partial charge in [-0.15, -0.1) is 11.3 Å². The van der Waals surface area contributed by atoms with Gasteiger partial charge in [-0.3, -0.25) is 25.2 Å². The molecule has 27 heavy (non-hydrogen) atoms. The van der Waals surface area contributed by atoms with Crippen LogP contribution in [0.25, 0.3) is 0 Å². The van der Waals surface area contributed by atoms with Crippen molar-refractivity contribution in [2.75, 3.05) is 0 Å². The maximum atomic E-state index is 12.8. The Bertz CT molecular complexity index is 937. The number of carbonyl (C=O) groups is 2. The molecule has 2 rings (SSSR count). The first-order valence-corrected chi connectivity index (χ1v) is 8.88. The Kier molecular flexibility index (Phi) is 6.32. The lowest BCUT2D eigenvalue weighted by Gasteiger charge is -2.12. The van der Waals surface area contributed by atoms with Crippen molar-refractivity contribution < 1.29 is 22.8 Å². The first-order valence-electron chi connectivity index (χ1n) is 7.68. The number of hydrogen-bond donors (Lipinski definition) is 2. The van der Waals surface area contributed by atoms with Gasteiger partial charge >= 0.3 is 6.18 Å². The van der Waals surface area contributed by atoms with E-state index in [0.717, 1.165) is 16.9 Å². The molecule has 2 N–H and O–H groups in total. The van der Waals surface area contributed by atoms with Crippen LogP contribution < -0.4 is 16.4 Å². The van der Waals surface area contributed by atoms with Gasteiger partial charge in [0.05, 0.1) is 10.4 Å². The molecule has 0 spiro atoms. The second-order valence-corrected chi connectivity index (χ2v) is 7.12. The average Bonchev–Trinajstić information content (AvgIpc) is 2.96. The molecule has 2 aromatic rings. The Morgan fingerprint density at radius 3 is 2.48 bits per heavy atom. The quantitative estimate of drug-likeness (QED) is 0.745. The van der Waals surface area contributed by atoms with Crippen LogP contribution in [-0.4, -0.2) is 16.4 Å².